The third-order valence-corrected chi connectivity index (χ3v) is 2.72. The van der Waals surface area contributed by atoms with E-state index in [1.807, 2.05) is 17.7 Å². The lowest BCUT2D eigenvalue weighted by molar-refractivity contribution is 0.490. The monoisotopic (exact) mass is 234 g/mol. The lowest BCUT2D eigenvalue weighted by atomic mass is 10.1. The molecule has 0 aliphatic heterocycles. The molecule has 0 fully saturated rings. The molecular formula is C12H18N4O. The zero-order chi connectivity index (χ0) is 12.4. The van der Waals surface area contributed by atoms with E-state index in [0.717, 1.165) is 17.1 Å². The van der Waals surface area contributed by atoms with Gasteiger partial charge < -0.3 is 10.2 Å². The predicted octanol–water partition coefficient (Wildman–Crippen LogP) is 2.00. The molecule has 0 aliphatic carbocycles. The Morgan fingerprint density at radius 3 is 2.82 bits per heavy atom. The molecule has 2 heterocycles. The summed E-state index contributed by atoms with van der Waals surface area (Å²) < 4.78 is 7.16. The van der Waals surface area contributed by atoms with Crippen molar-refractivity contribution < 1.29 is 4.42 Å². The van der Waals surface area contributed by atoms with Crippen molar-refractivity contribution in [3.8, 4) is 0 Å². The SMILES string of the molecule is Cc1cc(C(N)Cc2ncnn2C(C)C)co1. The minimum Gasteiger partial charge on any atom is -0.469 e. The van der Waals surface area contributed by atoms with Crippen molar-refractivity contribution in [1.29, 1.82) is 0 Å². The van der Waals surface area contributed by atoms with Gasteiger partial charge in [-0.2, -0.15) is 5.10 Å². The van der Waals surface area contributed by atoms with Gasteiger partial charge in [-0.1, -0.05) is 0 Å². The van der Waals surface area contributed by atoms with Crippen LogP contribution in [0.2, 0.25) is 0 Å². The highest BCUT2D eigenvalue weighted by molar-refractivity contribution is 5.17. The lowest BCUT2D eigenvalue weighted by Gasteiger charge is -2.12. The Balaban J connectivity index is 2.13. The Kier molecular flexibility index (Phi) is 3.28. The molecule has 0 spiro atoms. The van der Waals surface area contributed by atoms with Crippen molar-refractivity contribution >= 4 is 0 Å². The first kappa shape index (κ1) is 11.9. The number of nitrogens with two attached hydrogens (primary N) is 1. The van der Waals surface area contributed by atoms with Crippen LogP contribution in [0, 0.1) is 6.92 Å². The third-order valence-electron chi connectivity index (χ3n) is 2.72. The molecule has 2 N–H and O–H groups in total. The molecule has 0 amide bonds. The van der Waals surface area contributed by atoms with Crippen LogP contribution in [-0.2, 0) is 6.42 Å². The number of rotatable bonds is 4. The average molecular weight is 234 g/mol. The van der Waals surface area contributed by atoms with Crippen molar-refractivity contribution in [3.63, 3.8) is 0 Å². The molecule has 2 rings (SSSR count). The fourth-order valence-corrected chi connectivity index (χ4v) is 1.82. The summed E-state index contributed by atoms with van der Waals surface area (Å²) in [4.78, 5) is 4.25. The van der Waals surface area contributed by atoms with Crippen LogP contribution in [0.5, 0.6) is 0 Å². The second-order valence-electron chi connectivity index (χ2n) is 4.52. The topological polar surface area (TPSA) is 69.9 Å². The number of hydrogen-bond acceptors (Lipinski definition) is 4. The normalized spacial score (nSPS) is 13.2. The maximum atomic E-state index is 6.13. The van der Waals surface area contributed by atoms with Crippen molar-refractivity contribution in [3.05, 3.63) is 35.8 Å². The van der Waals surface area contributed by atoms with Crippen molar-refractivity contribution in [2.75, 3.05) is 0 Å². The first-order valence-corrected chi connectivity index (χ1v) is 5.77. The number of aryl methyl sites for hydroxylation is 1. The van der Waals surface area contributed by atoms with Crippen LogP contribution < -0.4 is 5.73 Å². The van der Waals surface area contributed by atoms with Crippen molar-refractivity contribution in [2.45, 2.75) is 39.3 Å². The van der Waals surface area contributed by atoms with Gasteiger partial charge in [0, 0.05) is 24.1 Å². The minimum atomic E-state index is -0.103. The molecule has 17 heavy (non-hydrogen) atoms. The fraction of sp³-hybridized carbons (Fsp3) is 0.500. The zero-order valence-corrected chi connectivity index (χ0v) is 10.4. The molecule has 1 unspecified atom stereocenters. The summed E-state index contributed by atoms with van der Waals surface area (Å²) >= 11 is 0. The number of nitrogens with zero attached hydrogens (tertiary/aromatic N) is 3. The Hall–Kier alpha value is -1.62. The van der Waals surface area contributed by atoms with E-state index in [9.17, 15) is 0 Å². The second-order valence-corrected chi connectivity index (χ2v) is 4.52. The summed E-state index contributed by atoms with van der Waals surface area (Å²) in [7, 11) is 0. The lowest BCUT2D eigenvalue weighted by Crippen LogP contribution is -2.17. The molecular weight excluding hydrogens is 216 g/mol. The smallest absolute Gasteiger partial charge is 0.138 e. The molecule has 2 aromatic rings. The number of furan rings is 1. The molecule has 0 radical (unpaired) electrons. The van der Waals surface area contributed by atoms with Gasteiger partial charge in [0.2, 0.25) is 0 Å². The van der Waals surface area contributed by atoms with E-state index in [0.29, 0.717) is 12.5 Å². The standard InChI is InChI=1S/C12H18N4O/c1-8(2)16-12(14-7-15-16)5-11(13)10-4-9(3)17-6-10/h4,6-8,11H,5,13H2,1-3H3. The summed E-state index contributed by atoms with van der Waals surface area (Å²) in [5, 5.41) is 4.19. The Morgan fingerprint density at radius 2 is 2.24 bits per heavy atom. The van der Waals surface area contributed by atoms with E-state index >= 15 is 0 Å². The maximum Gasteiger partial charge on any atom is 0.138 e. The van der Waals surface area contributed by atoms with Gasteiger partial charge in [0.15, 0.2) is 0 Å². The molecule has 0 aliphatic rings. The van der Waals surface area contributed by atoms with Crippen LogP contribution in [0.3, 0.4) is 0 Å². The molecule has 2 aromatic heterocycles. The van der Waals surface area contributed by atoms with Gasteiger partial charge in [-0.05, 0) is 26.8 Å². The van der Waals surface area contributed by atoms with E-state index in [2.05, 4.69) is 23.9 Å². The van der Waals surface area contributed by atoms with Crippen LogP contribution in [0.1, 0.15) is 43.1 Å². The van der Waals surface area contributed by atoms with Crippen molar-refractivity contribution in [1.82, 2.24) is 14.8 Å². The minimum absolute atomic E-state index is 0.103. The van der Waals surface area contributed by atoms with Crippen molar-refractivity contribution in [2.24, 2.45) is 5.73 Å². The predicted molar refractivity (Wildman–Crippen MR) is 64.5 cm³/mol. The van der Waals surface area contributed by atoms with Crippen LogP contribution >= 0.6 is 0 Å². The summed E-state index contributed by atoms with van der Waals surface area (Å²) in [6, 6.07) is 2.15. The zero-order valence-electron chi connectivity index (χ0n) is 10.4. The third kappa shape index (κ3) is 2.55. The largest absolute Gasteiger partial charge is 0.469 e. The van der Waals surface area contributed by atoms with Gasteiger partial charge in [0.25, 0.3) is 0 Å². The maximum absolute atomic E-state index is 6.13. The van der Waals surface area contributed by atoms with Crippen LogP contribution in [0.15, 0.2) is 23.1 Å². The summed E-state index contributed by atoms with van der Waals surface area (Å²) in [6.07, 6.45) is 3.94. The van der Waals surface area contributed by atoms with E-state index in [4.69, 9.17) is 10.2 Å². The fourth-order valence-electron chi connectivity index (χ4n) is 1.82. The van der Waals surface area contributed by atoms with Gasteiger partial charge in [-0.15, -0.1) is 0 Å². The van der Waals surface area contributed by atoms with Crippen LogP contribution in [0.25, 0.3) is 0 Å². The van der Waals surface area contributed by atoms with Gasteiger partial charge in [0.05, 0.1) is 6.26 Å². The molecule has 0 saturated heterocycles. The Morgan fingerprint density at radius 1 is 1.47 bits per heavy atom. The first-order chi connectivity index (χ1) is 8.08. The van der Waals surface area contributed by atoms with Crippen LogP contribution in [-0.4, -0.2) is 14.8 Å². The molecule has 92 valence electrons. The molecule has 0 bridgehead atoms. The molecule has 0 saturated carbocycles. The van der Waals surface area contributed by atoms with Gasteiger partial charge in [-0.25, -0.2) is 9.67 Å². The Labute approximate surface area is 101 Å². The van der Waals surface area contributed by atoms with E-state index in [1.54, 1.807) is 12.6 Å². The second kappa shape index (κ2) is 4.71. The molecule has 5 nitrogen and oxygen atoms in total. The van der Waals surface area contributed by atoms with E-state index in [-0.39, 0.29) is 6.04 Å². The number of aromatic nitrogens is 3. The summed E-state index contributed by atoms with van der Waals surface area (Å²) in [5.41, 5.74) is 7.13. The first-order valence-electron chi connectivity index (χ1n) is 5.77. The van der Waals surface area contributed by atoms with Gasteiger partial charge >= 0.3 is 0 Å². The highest BCUT2D eigenvalue weighted by atomic mass is 16.3. The Bertz CT molecular complexity index is 486. The highest BCUT2D eigenvalue weighted by Crippen LogP contribution is 2.18. The quantitative estimate of drug-likeness (QED) is 0.878. The number of hydrogen-bond donors (Lipinski definition) is 1. The summed E-state index contributed by atoms with van der Waals surface area (Å²) in [6.45, 7) is 6.06. The molecule has 1 atom stereocenters. The molecule has 0 aromatic carbocycles. The van der Waals surface area contributed by atoms with E-state index < -0.39 is 0 Å². The van der Waals surface area contributed by atoms with Gasteiger partial charge in [0.1, 0.15) is 17.9 Å². The van der Waals surface area contributed by atoms with Crippen LogP contribution in [0.4, 0.5) is 0 Å². The van der Waals surface area contributed by atoms with E-state index in [1.165, 1.54) is 0 Å². The summed E-state index contributed by atoms with van der Waals surface area (Å²) in [5.74, 6) is 1.78. The highest BCUT2D eigenvalue weighted by Gasteiger charge is 2.14. The average Bonchev–Trinajstić information content (AvgIpc) is 2.86. The molecule has 5 heteroatoms. The van der Waals surface area contributed by atoms with Gasteiger partial charge in [-0.3, -0.25) is 0 Å².